The molecule has 0 aromatic heterocycles. The van der Waals surface area contributed by atoms with Crippen LogP contribution in [0.2, 0.25) is 10.0 Å². The Morgan fingerprint density at radius 3 is 1.36 bits per heavy atom. The zero-order valence-electron chi connectivity index (χ0n) is 41.2. The molecule has 0 aliphatic heterocycles. The van der Waals surface area contributed by atoms with Crippen LogP contribution in [0.25, 0.3) is 0 Å². The summed E-state index contributed by atoms with van der Waals surface area (Å²) >= 11 is 18.2. The molecule has 3 N–H and O–H groups in total. The summed E-state index contributed by atoms with van der Waals surface area (Å²) in [6.45, 7) is 2.09. The molecular weight excluding hydrogens is 1020 g/mol. The molecule has 2 fully saturated rings. The van der Waals surface area contributed by atoms with Gasteiger partial charge in [-0.25, -0.2) is 9.59 Å². The van der Waals surface area contributed by atoms with Crippen molar-refractivity contribution in [2.75, 3.05) is 27.0 Å². The van der Waals surface area contributed by atoms with Crippen molar-refractivity contribution in [2.24, 2.45) is 11.8 Å². The molecule has 4 aromatic rings. The van der Waals surface area contributed by atoms with Crippen molar-refractivity contribution in [2.45, 2.75) is 109 Å². The number of carboxylic acids is 1. The van der Waals surface area contributed by atoms with Gasteiger partial charge in [-0.05, 0) is 113 Å². The van der Waals surface area contributed by atoms with E-state index in [1.165, 1.54) is 55.0 Å². The summed E-state index contributed by atoms with van der Waals surface area (Å²) in [6.07, 6.45) is 3.83. The lowest BCUT2D eigenvalue weighted by Gasteiger charge is -2.43. The van der Waals surface area contributed by atoms with E-state index in [2.05, 4.69) is 0 Å². The number of ketones is 4. The zero-order chi connectivity index (χ0) is 53.9. The van der Waals surface area contributed by atoms with Gasteiger partial charge in [-0.1, -0.05) is 103 Å². The first-order valence-electron chi connectivity index (χ1n) is 23.6. The van der Waals surface area contributed by atoms with Gasteiger partial charge in [0, 0.05) is 61.0 Å². The molecule has 0 heterocycles. The maximum atomic E-state index is 13.1. The third kappa shape index (κ3) is 16.5. The topological polar surface area (TPSA) is 231 Å². The molecular formula is C55H65Cl3N2O14. The fourth-order valence-electron chi connectivity index (χ4n) is 9.08. The Morgan fingerprint density at radius 1 is 0.595 bits per heavy atom. The number of hydrogen-bond acceptors (Lipinski definition) is 13. The maximum absolute atomic E-state index is 13.1. The number of carbonyl (C=O) groups is 8. The molecule has 4 aromatic carbocycles. The minimum absolute atomic E-state index is 0. The van der Waals surface area contributed by atoms with E-state index in [4.69, 9.17) is 59.2 Å². The lowest BCUT2D eigenvalue weighted by Crippen LogP contribution is -2.54. The van der Waals surface area contributed by atoms with Crippen LogP contribution in [-0.2, 0) is 66.9 Å². The Labute approximate surface area is 446 Å². The third-order valence-electron chi connectivity index (χ3n) is 12.8. The summed E-state index contributed by atoms with van der Waals surface area (Å²) in [7, 11) is 3.03. The number of nitrogens with zero attached hydrogens (tertiary/aromatic N) is 2. The number of phenols is 2. The first kappa shape index (κ1) is 61.8. The fourth-order valence-corrected chi connectivity index (χ4v) is 9.76. The molecule has 0 unspecified atom stereocenters. The first-order valence-corrected chi connectivity index (χ1v) is 24.8. The standard InChI is InChI=1S/C27H30ClNO7.C15H17Cl2NO3.C12H14O4.CH4/c1-18(30)15-20(16-19-10-12-21(31)13-11-19)25(33)35-17-36-26(34)29(2)27(14-6-5-9-24(27)32)22-7-3-4-8-23(22)28;1-18(14(20)21-10-16)15(9-5-4-8-13(15)19)11-6-2-3-7-12(11)17;1-8(13)6-10(12(15)16)7-9-2-4-11(14)5-3-9;/h3-4,7-8,10-13,20,31H,5-6,9,14-17H2,1-2H3;2-3,6-7H,4-5,8-10H2,1H3;2-5,10,14H,6-7H2,1H3,(H,15,16);1H4/t20-,27-;15-;10-;/m000./s1. The van der Waals surface area contributed by atoms with Gasteiger partial charge >= 0.3 is 24.1 Å². The number of hydrogen-bond donors (Lipinski definition) is 3. The number of Topliss-reactive ketones (excluding diaryl/α,β-unsaturated/α-hetero) is 4. The smallest absolute Gasteiger partial charge is 0.413 e. The van der Waals surface area contributed by atoms with Gasteiger partial charge in [0.25, 0.3) is 0 Å². The second kappa shape index (κ2) is 29.4. The summed E-state index contributed by atoms with van der Waals surface area (Å²) in [5.74, 6) is -3.37. The summed E-state index contributed by atoms with van der Waals surface area (Å²) in [5.41, 5.74) is 0.373. The SMILES string of the molecule is C.CC(=O)C[C@@H](Cc1ccc(O)cc1)C(=O)O.CC(=O)C[C@@H](Cc1ccc(O)cc1)C(=O)OCOC(=O)N(C)[C@]1(c2ccccc2Cl)CCCCC1=O.CN(C(=O)OCCl)[C@]1(c2ccccc2Cl)CCCCC1=O. The first-order chi connectivity index (χ1) is 34.7. The second-order valence-corrected chi connectivity index (χ2v) is 18.9. The Balaban J connectivity index is 0.000000321. The van der Waals surface area contributed by atoms with Crippen molar-refractivity contribution in [1.29, 1.82) is 0 Å². The minimum Gasteiger partial charge on any atom is -0.508 e. The highest BCUT2D eigenvalue weighted by molar-refractivity contribution is 6.32. The minimum atomic E-state index is -1.27. The van der Waals surface area contributed by atoms with Gasteiger partial charge in [-0.15, -0.1) is 0 Å². The largest absolute Gasteiger partial charge is 0.508 e. The highest BCUT2D eigenvalue weighted by atomic mass is 35.5. The molecule has 2 saturated carbocycles. The van der Waals surface area contributed by atoms with Gasteiger partial charge in [0.2, 0.25) is 6.79 Å². The quantitative estimate of drug-likeness (QED) is 0.0507. The van der Waals surface area contributed by atoms with Crippen molar-refractivity contribution in [1.82, 2.24) is 9.80 Å². The summed E-state index contributed by atoms with van der Waals surface area (Å²) < 4.78 is 15.2. The molecule has 74 heavy (non-hydrogen) atoms. The van der Waals surface area contributed by atoms with E-state index < -0.39 is 53.8 Å². The number of rotatable bonds is 17. The Hall–Kier alpha value is -6.49. The Morgan fingerprint density at radius 2 is 0.986 bits per heavy atom. The number of benzene rings is 4. The molecule has 0 radical (unpaired) electrons. The molecule has 2 aliphatic carbocycles. The van der Waals surface area contributed by atoms with Crippen LogP contribution in [0.3, 0.4) is 0 Å². The number of amides is 2. The van der Waals surface area contributed by atoms with Gasteiger partial charge in [-0.2, -0.15) is 0 Å². The number of likely N-dealkylation sites (N-methyl/N-ethyl adjacent to an activating group) is 2. The molecule has 19 heteroatoms. The number of aliphatic carboxylic acids is 1. The van der Waals surface area contributed by atoms with Crippen molar-refractivity contribution in [3.63, 3.8) is 0 Å². The summed E-state index contributed by atoms with van der Waals surface area (Å²) in [5, 5.41) is 28.3. The number of aromatic hydroxyl groups is 2. The molecule has 16 nitrogen and oxygen atoms in total. The fraction of sp³-hybridized carbons (Fsp3) is 0.418. The second-order valence-electron chi connectivity index (χ2n) is 17.9. The molecule has 6 rings (SSSR count). The number of carboxylic acid groups (broad SMARTS) is 1. The lowest BCUT2D eigenvalue weighted by molar-refractivity contribution is -0.159. The average Bonchev–Trinajstić information content (AvgIpc) is 3.35. The van der Waals surface area contributed by atoms with Crippen LogP contribution in [0, 0.1) is 11.8 Å². The van der Waals surface area contributed by atoms with E-state index in [0.29, 0.717) is 53.3 Å². The van der Waals surface area contributed by atoms with Gasteiger partial charge in [-0.3, -0.25) is 29.0 Å². The molecule has 2 amide bonds. The van der Waals surface area contributed by atoms with E-state index >= 15 is 0 Å². The van der Waals surface area contributed by atoms with Gasteiger partial charge in [0.05, 0.1) is 11.8 Å². The predicted octanol–water partition coefficient (Wildman–Crippen LogP) is 11.0. The Bertz CT molecular complexity index is 2580. The third-order valence-corrected chi connectivity index (χ3v) is 13.6. The highest BCUT2D eigenvalue weighted by Crippen LogP contribution is 2.44. The molecule has 2 aliphatic rings. The van der Waals surface area contributed by atoms with E-state index in [1.807, 2.05) is 6.07 Å². The van der Waals surface area contributed by atoms with E-state index in [1.54, 1.807) is 73.8 Å². The van der Waals surface area contributed by atoms with E-state index in [0.717, 1.165) is 36.8 Å². The van der Waals surface area contributed by atoms with Gasteiger partial charge in [0.1, 0.15) is 34.1 Å². The van der Waals surface area contributed by atoms with Crippen molar-refractivity contribution >= 4 is 82.1 Å². The molecule has 0 bridgehead atoms. The molecule has 4 atom stereocenters. The van der Waals surface area contributed by atoms with Crippen LogP contribution < -0.4 is 0 Å². The Kier molecular flexibility index (Phi) is 24.6. The molecule has 400 valence electrons. The normalized spacial score (nSPS) is 17.7. The zero-order valence-corrected chi connectivity index (χ0v) is 43.4. The van der Waals surface area contributed by atoms with Crippen LogP contribution >= 0.6 is 34.8 Å². The molecule has 0 spiro atoms. The number of halogens is 3. The van der Waals surface area contributed by atoms with Crippen molar-refractivity contribution < 1.29 is 67.9 Å². The average molecular weight is 1080 g/mol. The van der Waals surface area contributed by atoms with Crippen LogP contribution in [0.5, 0.6) is 11.5 Å². The summed E-state index contributed by atoms with van der Waals surface area (Å²) in [6, 6.07) is 26.4. The highest BCUT2D eigenvalue weighted by Gasteiger charge is 2.50. The summed E-state index contributed by atoms with van der Waals surface area (Å²) in [4.78, 5) is 99.6. The number of ether oxygens (including phenoxy) is 3. The van der Waals surface area contributed by atoms with Crippen LogP contribution in [-0.4, -0.2) is 99.3 Å². The predicted molar refractivity (Wildman–Crippen MR) is 279 cm³/mol. The van der Waals surface area contributed by atoms with Crippen LogP contribution in [0.15, 0.2) is 97.1 Å². The number of carbonyl (C=O) groups excluding carboxylic acids is 7. The van der Waals surface area contributed by atoms with Crippen LogP contribution in [0.4, 0.5) is 9.59 Å². The number of esters is 1. The van der Waals surface area contributed by atoms with Crippen LogP contribution in [0.1, 0.15) is 108 Å². The molecule has 0 saturated heterocycles. The lowest BCUT2D eigenvalue weighted by atomic mass is 9.74. The van der Waals surface area contributed by atoms with Gasteiger partial charge in [0.15, 0.2) is 17.6 Å². The maximum Gasteiger partial charge on any atom is 0.413 e. The van der Waals surface area contributed by atoms with Gasteiger partial charge < -0.3 is 39.1 Å². The van der Waals surface area contributed by atoms with Crippen molar-refractivity contribution in [3.05, 3.63) is 129 Å². The number of phenolic OH excluding ortho intramolecular Hbond substituents is 2. The van der Waals surface area contributed by atoms with E-state index in [9.17, 15) is 43.5 Å². The number of alkyl halides is 1. The van der Waals surface area contributed by atoms with Crippen molar-refractivity contribution in [3.8, 4) is 11.5 Å². The monoisotopic (exact) mass is 1080 g/mol. The van der Waals surface area contributed by atoms with E-state index in [-0.39, 0.29) is 67.4 Å².